The van der Waals surface area contributed by atoms with Gasteiger partial charge in [0.05, 0.1) is 0 Å². The van der Waals surface area contributed by atoms with Crippen LogP contribution >= 0.6 is 0 Å². The van der Waals surface area contributed by atoms with Gasteiger partial charge in [-0.15, -0.1) is 0 Å². The average molecular weight is 467 g/mol. The van der Waals surface area contributed by atoms with Gasteiger partial charge in [0, 0.05) is 19.2 Å². The third-order valence-electron chi connectivity index (χ3n) is 5.20. The fraction of sp³-hybridized carbons (Fsp3) is 0.160. The van der Waals surface area contributed by atoms with Gasteiger partial charge in [-0.1, -0.05) is 36.4 Å². The maximum absolute atomic E-state index is 11.9. The van der Waals surface area contributed by atoms with Crippen LogP contribution in [-0.4, -0.2) is 17.7 Å². The molecule has 0 atom stereocenters. The molecule has 0 spiro atoms. The SMILES string of the molecule is CNC(=O)c1ccc(-c2cccc(COc3ccc(Cn4oc(=O)[n-]c4=O)cc3)c2)c(C)c1.[Na+]. The summed E-state index contributed by atoms with van der Waals surface area (Å²) in [6.45, 7) is 2.48. The molecule has 8 nitrogen and oxygen atoms in total. The Morgan fingerprint density at radius 2 is 1.79 bits per heavy atom. The number of benzene rings is 3. The zero-order valence-corrected chi connectivity index (χ0v) is 21.2. The Kier molecular flexibility index (Phi) is 8.33. The maximum atomic E-state index is 11.9. The molecule has 0 aliphatic carbocycles. The Bertz CT molecular complexity index is 1400. The fourth-order valence-electron chi connectivity index (χ4n) is 3.51. The first-order chi connectivity index (χ1) is 15.9. The van der Waals surface area contributed by atoms with Gasteiger partial charge in [0.25, 0.3) is 5.91 Å². The molecular weight excluding hydrogens is 445 g/mol. The molecule has 0 saturated heterocycles. The molecule has 0 radical (unpaired) electrons. The molecule has 1 aromatic heterocycles. The minimum Gasteiger partial charge on any atom is -0.489 e. The second-order valence-corrected chi connectivity index (χ2v) is 7.53. The number of amides is 1. The topological polar surface area (TPSA) is 105 Å². The summed E-state index contributed by atoms with van der Waals surface area (Å²) in [6.07, 6.45) is 0. The monoisotopic (exact) mass is 467 g/mol. The van der Waals surface area contributed by atoms with E-state index >= 15 is 0 Å². The van der Waals surface area contributed by atoms with Gasteiger partial charge in [-0.05, 0) is 65.1 Å². The third kappa shape index (κ3) is 5.96. The van der Waals surface area contributed by atoms with E-state index in [1.165, 1.54) is 0 Å². The van der Waals surface area contributed by atoms with E-state index in [9.17, 15) is 14.4 Å². The molecule has 9 heteroatoms. The van der Waals surface area contributed by atoms with Gasteiger partial charge >= 0.3 is 35.3 Å². The molecule has 3 aromatic carbocycles. The number of aryl methyl sites for hydroxylation is 1. The number of carbonyl (C=O) groups excluding carboxylic acids is 1. The van der Waals surface area contributed by atoms with Gasteiger partial charge in [-0.3, -0.25) is 14.3 Å². The number of rotatable bonds is 7. The number of carbonyl (C=O) groups is 1. The minimum absolute atomic E-state index is 0. The minimum atomic E-state index is -0.903. The maximum Gasteiger partial charge on any atom is 1.00 e. The molecule has 4 aromatic rings. The zero-order valence-electron chi connectivity index (χ0n) is 19.2. The van der Waals surface area contributed by atoms with E-state index in [-0.39, 0.29) is 42.0 Å². The van der Waals surface area contributed by atoms with E-state index in [2.05, 4.69) is 16.4 Å². The van der Waals surface area contributed by atoms with E-state index in [4.69, 9.17) is 9.26 Å². The van der Waals surface area contributed by atoms with Crippen LogP contribution in [0.3, 0.4) is 0 Å². The predicted molar refractivity (Wildman–Crippen MR) is 122 cm³/mol. The van der Waals surface area contributed by atoms with Crippen LogP contribution in [0.5, 0.6) is 5.75 Å². The van der Waals surface area contributed by atoms with E-state index < -0.39 is 11.4 Å². The van der Waals surface area contributed by atoms with Crippen LogP contribution in [0.2, 0.25) is 0 Å². The van der Waals surface area contributed by atoms with Crippen molar-refractivity contribution in [3.8, 4) is 16.9 Å². The van der Waals surface area contributed by atoms with Crippen LogP contribution in [0, 0.1) is 6.92 Å². The molecule has 4 rings (SSSR count). The number of aromatic nitrogens is 2. The Labute approximate surface area is 217 Å². The molecule has 0 aliphatic heterocycles. The average Bonchev–Trinajstić information content (AvgIpc) is 3.14. The van der Waals surface area contributed by atoms with Crippen LogP contribution in [0.15, 0.2) is 80.8 Å². The molecule has 34 heavy (non-hydrogen) atoms. The van der Waals surface area contributed by atoms with Crippen molar-refractivity contribution in [3.63, 3.8) is 0 Å². The Balaban J connectivity index is 0.00000324. The first kappa shape index (κ1) is 25.3. The van der Waals surface area contributed by atoms with Gasteiger partial charge < -0.3 is 19.6 Å². The largest absolute Gasteiger partial charge is 1.00 e. The van der Waals surface area contributed by atoms with Crippen LogP contribution < -0.4 is 56.0 Å². The molecule has 168 valence electrons. The molecule has 0 unspecified atom stereocenters. The van der Waals surface area contributed by atoms with Crippen LogP contribution in [0.4, 0.5) is 0 Å². The standard InChI is InChI=1S/C25H23N3O5.Na/c1-16-12-20(23(29)26-2)8-11-22(16)19-5-3-4-18(13-19)15-32-21-9-6-17(7-10-21)14-28-24(30)27-25(31)33-28;/h3-13H,14-15H2,1-2H3,(H2,26,27,29,30,31);/q;+1/p-1. The Morgan fingerprint density at radius 3 is 2.44 bits per heavy atom. The van der Waals surface area contributed by atoms with E-state index in [1.807, 2.05) is 43.3 Å². The van der Waals surface area contributed by atoms with Crippen molar-refractivity contribution in [1.82, 2.24) is 15.0 Å². The van der Waals surface area contributed by atoms with Gasteiger partial charge in [0.1, 0.15) is 12.4 Å². The van der Waals surface area contributed by atoms with Crippen molar-refractivity contribution in [2.24, 2.45) is 0 Å². The zero-order chi connectivity index (χ0) is 23.4. The third-order valence-corrected chi connectivity index (χ3v) is 5.20. The van der Waals surface area contributed by atoms with Gasteiger partial charge in [-0.25, -0.2) is 4.79 Å². The summed E-state index contributed by atoms with van der Waals surface area (Å²) in [5.41, 5.74) is 4.81. The molecule has 0 aliphatic rings. The van der Waals surface area contributed by atoms with Crippen molar-refractivity contribution >= 4 is 5.91 Å². The number of hydrogen-bond acceptors (Lipinski definition) is 5. The summed E-state index contributed by atoms with van der Waals surface area (Å²) in [6, 6.07) is 20.9. The smallest absolute Gasteiger partial charge is 0.489 e. The van der Waals surface area contributed by atoms with E-state index in [0.29, 0.717) is 17.9 Å². The van der Waals surface area contributed by atoms with Crippen molar-refractivity contribution in [3.05, 3.63) is 110 Å². The number of hydrogen-bond donors (Lipinski definition) is 1. The summed E-state index contributed by atoms with van der Waals surface area (Å²) >= 11 is 0. The summed E-state index contributed by atoms with van der Waals surface area (Å²) in [4.78, 5) is 37.6. The molecular formula is C25H22N3NaO5. The Hall–Kier alpha value is -3.33. The quantitative estimate of drug-likeness (QED) is 0.375. The van der Waals surface area contributed by atoms with Crippen molar-refractivity contribution in [2.45, 2.75) is 20.1 Å². The van der Waals surface area contributed by atoms with Crippen LogP contribution in [-0.2, 0) is 13.2 Å². The molecule has 1 heterocycles. The number of nitrogens with zero attached hydrogens (tertiary/aromatic N) is 2. The van der Waals surface area contributed by atoms with Crippen molar-refractivity contribution in [1.29, 1.82) is 0 Å². The molecule has 0 bridgehead atoms. The molecule has 0 saturated carbocycles. The second kappa shape index (κ2) is 11.2. The van der Waals surface area contributed by atoms with Crippen molar-refractivity contribution < 1.29 is 43.6 Å². The molecule has 1 N–H and O–H groups in total. The number of nitrogens with one attached hydrogen (secondary N) is 1. The predicted octanol–water partition coefficient (Wildman–Crippen LogP) is -0.275. The summed E-state index contributed by atoms with van der Waals surface area (Å²) in [5.74, 6) is -0.342. The first-order valence-corrected chi connectivity index (χ1v) is 10.3. The van der Waals surface area contributed by atoms with Gasteiger partial charge in [-0.2, -0.15) is 0 Å². The summed E-state index contributed by atoms with van der Waals surface area (Å²) in [7, 11) is 1.61. The number of ether oxygens (including phenoxy) is 1. The molecule has 0 fully saturated rings. The van der Waals surface area contributed by atoms with Gasteiger partial charge in [0.15, 0.2) is 5.69 Å². The Morgan fingerprint density at radius 1 is 1.03 bits per heavy atom. The summed E-state index contributed by atoms with van der Waals surface area (Å²) < 4.78 is 11.5. The van der Waals surface area contributed by atoms with Crippen molar-refractivity contribution in [2.75, 3.05) is 7.05 Å². The fourth-order valence-corrected chi connectivity index (χ4v) is 3.51. The van der Waals surface area contributed by atoms with Gasteiger partial charge in [0.2, 0.25) is 0 Å². The van der Waals surface area contributed by atoms with E-state index in [1.54, 1.807) is 31.3 Å². The normalized spacial score (nSPS) is 10.4. The summed E-state index contributed by atoms with van der Waals surface area (Å²) in [5, 5.41) is 2.64. The molecule has 1 amide bonds. The van der Waals surface area contributed by atoms with Crippen LogP contribution in [0.1, 0.15) is 27.0 Å². The van der Waals surface area contributed by atoms with E-state index in [0.717, 1.165) is 32.6 Å². The second-order valence-electron chi connectivity index (χ2n) is 7.53. The first-order valence-electron chi connectivity index (χ1n) is 10.3. The van der Waals surface area contributed by atoms with Crippen LogP contribution in [0.25, 0.3) is 11.1 Å².